The lowest BCUT2D eigenvalue weighted by molar-refractivity contribution is -0.122. The molecule has 198 valence electrons. The van der Waals surface area contributed by atoms with Gasteiger partial charge in [0, 0.05) is 119 Å². The fourth-order valence-corrected chi connectivity index (χ4v) is 3.10. The molecular weight excluding hydrogens is 440 g/mol. The second-order valence-electron chi connectivity index (χ2n) is 7.88. The summed E-state index contributed by atoms with van der Waals surface area (Å²) in [7, 11) is 6.48. The van der Waals surface area contributed by atoms with E-state index >= 15 is 0 Å². The van der Waals surface area contributed by atoms with Gasteiger partial charge in [-0.3, -0.25) is 19.2 Å². The maximum absolute atomic E-state index is 11.7. The van der Waals surface area contributed by atoms with Gasteiger partial charge in [-0.25, -0.2) is 0 Å². The Labute approximate surface area is 204 Å². The van der Waals surface area contributed by atoms with Crippen LogP contribution in [0.25, 0.3) is 0 Å². The topological polar surface area (TPSA) is 147 Å². The summed E-state index contributed by atoms with van der Waals surface area (Å²) in [5.74, 6) is -0.0506. The highest BCUT2D eigenvalue weighted by Crippen LogP contribution is 1.99. The van der Waals surface area contributed by atoms with Crippen LogP contribution < -0.4 is 31.9 Å². The first kappa shape index (κ1) is 31.7. The van der Waals surface area contributed by atoms with E-state index in [4.69, 9.17) is 0 Å². The summed E-state index contributed by atoms with van der Waals surface area (Å²) in [6, 6.07) is 0. The summed E-state index contributed by atoms with van der Waals surface area (Å²) in [5.41, 5.74) is 0. The summed E-state index contributed by atoms with van der Waals surface area (Å²) >= 11 is 0. The van der Waals surface area contributed by atoms with Gasteiger partial charge in [-0.2, -0.15) is 0 Å². The Morgan fingerprint density at radius 1 is 0.441 bits per heavy atom. The van der Waals surface area contributed by atoms with Gasteiger partial charge in [-0.1, -0.05) is 0 Å². The zero-order valence-corrected chi connectivity index (χ0v) is 21.4. The summed E-state index contributed by atoms with van der Waals surface area (Å²) in [5, 5.41) is 17.1. The first-order valence-corrected chi connectivity index (χ1v) is 12.0. The average Bonchev–Trinajstić information content (AvgIpc) is 2.86. The van der Waals surface area contributed by atoms with E-state index in [1.165, 1.54) is 0 Å². The number of carbonyl (C=O) groups excluding carboxylic acids is 4. The lowest BCUT2D eigenvalue weighted by Gasteiger charge is -2.27. The third kappa shape index (κ3) is 18.2. The van der Waals surface area contributed by atoms with Crippen LogP contribution in [0.5, 0.6) is 0 Å². The van der Waals surface area contributed by atoms with E-state index in [0.717, 1.165) is 32.7 Å². The van der Waals surface area contributed by atoms with Crippen LogP contribution in [0.3, 0.4) is 0 Å². The van der Waals surface area contributed by atoms with Crippen molar-refractivity contribution in [2.45, 2.75) is 25.7 Å². The molecule has 34 heavy (non-hydrogen) atoms. The fraction of sp³-hybridized carbons (Fsp3) is 0.818. The first-order valence-electron chi connectivity index (χ1n) is 12.0. The summed E-state index contributed by atoms with van der Waals surface area (Å²) in [6.07, 6.45) is 1.61. The van der Waals surface area contributed by atoms with Crippen molar-refractivity contribution in [2.75, 3.05) is 93.6 Å². The highest BCUT2D eigenvalue weighted by atomic mass is 16.2. The van der Waals surface area contributed by atoms with Crippen molar-refractivity contribution in [2.24, 2.45) is 0 Å². The summed E-state index contributed by atoms with van der Waals surface area (Å²) in [6.45, 7) is 6.91. The van der Waals surface area contributed by atoms with Crippen molar-refractivity contribution in [3.05, 3.63) is 0 Å². The number of hydrogen-bond donors (Lipinski definition) is 6. The molecule has 0 heterocycles. The molecule has 0 aliphatic heterocycles. The summed E-state index contributed by atoms with van der Waals surface area (Å²) < 4.78 is 0. The van der Waals surface area contributed by atoms with Crippen molar-refractivity contribution >= 4 is 23.6 Å². The van der Waals surface area contributed by atoms with Gasteiger partial charge in [-0.15, -0.1) is 0 Å². The second-order valence-corrected chi connectivity index (χ2v) is 7.88. The number of carbonyl (C=O) groups is 4. The molecule has 6 N–H and O–H groups in total. The number of nitrogens with one attached hydrogen (secondary N) is 6. The molecule has 0 fully saturated rings. The van der Waals surface area contributed by atoms with Crippen molar-refractivity contribution in [1.29, 1.82) is 0 Å². The predicted molar refractivity (Wildman–Crippen MR) is 133 cm³/mol. The molecule has 0 saturated heterocycles. The van der Waals surface area contributed by atoms with E-state index in [0.29, 0.717) is 58.4 Å². The Balaban J connectivity index is 4.54. The van der Waals surface area contributed by atoms with Gasteiger partial charge in [0.2, 0.25) is 23.6 Å². The molecule has 0 aliphatic carbocycles. The number of amides is 4. The Kier molecular flexibility index (Phi) is 19.8. The van der Waals surface area contributed by atoms with E-state index in [9.17, 15) is 19.2 Å². The molecule has 12 heteroatoms. The maximum Gasteiger partial charge on any atom is 0.221 e. The molecule has 0 aliphatic rings. The second kappa shape index (κ2) is 21.3. The highest BCUT2D eigenvalue weighted by molar-refractivity contribution is 5.76. The Bertz CT molecular complexity index is 571. The average molecular weight is 487 g/mol. The minimum absolute atomic E-state index is 0.00522. The molecule has 0 aromatic heterocycles. The standard InChI is InChI=1S/C22H46N8O4/c1-23-19(31)5-9-27-10-11-28-12-16-30(15-8-22(34)26-4)18-17-29(13-6-20(32)24-2)14-7-21(33)25-3/h27-28H,5-18H2,1-4H3,(H,23,31)(H,24,32)(H,25,33)(H,26,34). The van der Waals surface area contributed by atoms with Gasteiger partial charge in [0.05, 0.1) is 0 Å². The lowest BCUT2D eigenvalue weighted by Crippen LogP contribution is -2.42. The third-order valence-corrected chi connectivity index (χ3v) is 5.43. The molecule has 0 aromatic rings. The van der Waals surface area contributed by atoms with E-state index in [2.05, 4.69) is 41.7 Å². The molecule has 0 rings (SSSR count). The monoisotopic (exact) mass is 486 g/mol. The van der Waals surface area contributed by atoms with Gasteiger partial charge < -0.3 is 41.7 Å². The first-order chi connectivity index (χ1) is 16.4. The predicted octanol–water partition coefficient (Wildman–Crippen LogP) is -2.69. The molecule has 0 atom stereocenters. The number of hydrogen-bond acceptors (Lipinski definition) is 8. The van der Waals surface area contributed by atoms with Gasteiger partial charge >= 0.3 is 0 Å². The molecule has 12 nitrogen and oxygen atoms in total. The fourth-order valence-electron chi connectivity index (χ4n) is 3.10. The SMILES string of the molecule is CNC(=O)CCNCCNCCN(CCC(=O)NC)CCN(CCC(=O)NC)CCC(=O)NC. The van der Waals surface area contributed by atoms with Crippen LogP contribution in [0.1, 0.15) is 25.7 Å². The van der Waals surface area contributed by atoms with Crippen LogP contribution >= 0.6 is 0 Å². The Morgan fingerprint density at radius 3 is 1.21 bits per heavy atom. The summed E-state index contributed by atoms with van der Waals surface area (Å²) in [4.78, 5) is 50.6. The Hall–Kier alpha value is -2.28. The third-order valence-electron chi connectivity index (χ3n) is 5.43. The van der Waals surface area contributed by atoms with Crippen molar-refractivity contribution in [3.8, 4) is 0 Å². The normalized spacial score (nSPS) is 10.9. The molecule has 0 bridgehead atoms. The van der Waals surface area contributed by atoms with Gasteiger partial charge in [0.1, 0.15) is 0 Å². The van der Waals surface area contributed by atoms with Gasteiger partial charge in [0.25, 0.3) is 0 Å². The molecule has 0 saturated carbocycles. The number of rotatable bonds is 21. The van der Waals surface area contributed by atoms with Gasteiger partial charge in [-0.05, 0) is 0 Å². The lowest BCUT2D eigenvalue weighted by atomic mass is 10.3. The van der Waals surface area contributed by atoms with Crippen LogP contribution in [-0.4, -0.2) is 127 Å². The van der Waals surface area contributed by atoms with E-state index in [1.807, 2.05) is 0 Å². The van der Waals surface area contributed by atoms with Crippen molar-refractivity contribution in [1.82, 2.24) is 41.7 Å². The smallest absolute Gasteiger partial charge is 0.221 e. The molecule has 4 amide bonds. The van der Waals surface area contributed by atoms with Crippen LogP contribution in [0.15, 0.2) is 0 Å². The zero-order chi connectivity index (χ0) is 25.6. The minimum atomic E-state index is -0.0328. The minimum Gasteiger partial charge on any atom is -0.359 e. The molecule has 0 radical (unpaired) electrons. The highest BCUT2D eigenvalue weighted by Gasteiger charge is 2.13. The van der Waals surface area contributed by atoms with Crippen LogP contribution in [0.4, 0.5) is 0 Å². The Morgan fingerprint density at radius 2 is 0.794 bits per heavy atom. The van der Waals surface area contributed by atoms with Crippen molar-refractivity contribution in [3.63, 3.8) is 0 Å². The van der Waals surface area contributed by atoms with E-state index < -0.39 is 0 Å². The largest absolute Gasteiger partial charge is 0.359 e. The van der Waals surface area contributed by atoms with Gasteiger partial charge in [0.15, 0.2) is 0 Å². The van der Waals surface area contributed by atoms with E-state index in [-0.39, 0.29) is 23.6 Å². The van der Waals surface area contributed by atoms with Crippen LogP contribution in [-0.2, 0) is 19.2 Å². The maximum atomic E-state index is 11.7. The van der Waals surface area contributed by atoms with Crippen LogP contribution in [0.2, 0.25) is 0 Å². The van der Waals surface area contributed by atoms with Crippen molar-refractivity contribution < 1.29 is 19.2 Å². The quantitative estimate of drug-likeness (QED) is 0.0962. The zero-order valence-electron chi connectivity index (χ0n) is 21.4. The molecule has 0 spiro atoms. The number of nitrogens with zero attached hydrogens (tertiary/aromatic N) is 2. The van der Waals surface area contributed by atoms with E-state index in [1.54, 1.807) is 28.2 Å². The van der Waals surface area contributed by atoms with Crippen LogP contribution in [0, 0.1) is 0 Å². The molecular formula is C22H46N8O4. The molecule has 0 unspecified atom stereocenters. The molecule has 0 aromatic carbocycles.